The first-order valence-electron chi connectivity index (χ1n) is 5.74. The first-order valence-corrected chi connectivity index (χ1v) is 8.18. The zero-order chi connectivity index (χ0) is 16.0. The number of carboxylic acids is 1. The maximum atomic E-state index is 11.6. The average molecular weight is 380 g/mol. The largest absolute Gasteiger partial charge is 0.478 e. The van der Waals surface area contributed by atoms with Gasteiger partial charge in [0.25, 0.3) is 0 Å². The van der Waals surface area contributed by atoms with Crippen LogP contribution in [0.3, 0.4) is 0 Å². The maximum Gasteiger partial charge on any atom is 0.335 e. The van der Waals surface area contributed by atoms with Crippen LogP contribution in [0.5, 0.6) is 0 Å². The van der Waals surface area contributed by atoms with Crippen molar-refractivity contribution in [3.8, 4) is 0 Å². The average Bonchev–Trinajstić information content (AvgIpc) is 2.40. The van der Waals surface area contributed by atoms with Crippen LogP contribution in [0.2, 0.25) is 0 Å². The van der Waals surface area contributed by atoms with E-state index in [9.17, 15) is 18.0 Å². The number of hydrogen-bond donors (Lipinski definition) is 4. The van der Waals surface area contributed by atoms with Crippen LogP contribution in [0.25, 0.3) is 0 Å². The van der Waals surface area contributed by atoms with Crippen molar-refractivity contribution in [1.29, 1.82) is 0 Å². The van der Waals surface area contributed by atoms with Crippen molar-refractivity contribution < 1.29 is 23.1 Å². The molecule has 2 amide bonds. The Morgan fingerprint density at radius 2 is 2.00 bits per heavy atom. The molecule has 116 valence electrons. The topological polar surface area (TPSA) is 125 Å². The number of hydrogen-bond acceptors (Lipinski definition) is 4. The summed E-state index contributed by atoms with van der Waals surface area (Å²) >= 11 is 3.18. The van der Waals surface area contributed by atoms with E-state index in [0.29, 0.717) is 4.47 Å². The molecule has 0 saturated carbocycles. The SMILES string of the molecule is CNS(=O)(=O)CCNC(=O)Nc1cc(C(=O)O)ccc1Br. The Kier molecular flexibility index (Phi) is 6.12. The van der Waals surface area contributed by atoms with E-state index < -0.39 is 22.0 Å². The van der Waals surface area contributed by atoms with Crippen LogP contribution < -0.4 is 15.4 Å². The summed E-state index contributed by atoms with van der Waals surface area (Å²) in [5.41, 5.74) is 0.287. The number of carbonyl (C=O) groups is 2. The van der Waals surface area contributed by atoms with Crippen molar-refractivity contribution in [1.82, 2.24) is 10.0 Å². The second-order valence-corrected chi connectivity index (χ2v) is 6.80. The van der Waals surface area contributed by atoms with Gasteiger partial charge in [0.15, 0.2) is 0 Å². The molecule has 1 aromatic rings. The minimum Gasteiger partial charge on any atom is -0.478 e. The van der Waals surface area contributed by atoms with Gasteiger partial charge in [0.1, 0.15) is 0 Å². The van der Waals surface area contributed by atoms with Gasteiger partial charge in [0.2, 0.25) is 10.0 Å². The van der Waals surface area contributed by atoms with E-state index in [1.54, 1.807) is 0 Å². The highest BCUT2D eigenvalue weighted by Crippen LogP contribution is 2.23. The molecule has 0 atom stereocenters. The molecule has 0 aliphatic heterocycles. The molecule has 21 heavy (non-hydrogen) atoms. The van der Waals surface area contributed by atoms with E-state index in [0.717, 1.165) is 0 Å². The predicted octanol–water partition coefficient (Wildman–Crippen LogP) is 0.818. The number of urea groups is 1. The zero-order valence-corrected chi connectivity index (χ0v) is 13.4. The van der Waals surface area contributed by atoms with Crippen molar-refractivity contribution in [2.75, 3.05) is 24.7 Å². The molecule has 1 rings (SSSR count). The maximum absolute atomic E-state index is 11.6. The number of carboxylic acid groups (broad SMARTS) is 1. The van der Waals surface area contributed by atoms with Crippen molar-refractivity contribution in [2.45, 2.75) is 0 Å². The molecule has 0 aliphatic carbocycles. The third-order valence-electron chi connectivity index (χ3n) is 2.43. The van der Waals surface area contributed by atoms with Gasteiger partial charge in [0, 0.05) is 11.0 Å². The number of amides is 2. The Morgan fingerprint density at radius 1 is 1.33 bits per heavy atom. The highest BCUT2D eigenvalue weighted by Gasteiger charge is 2.11. The highest BCUT2D eigenvalue weighted by molar-refractivity contribution is 9.10. The van der Waals surface area contributed by atoms with Crippen LogP contribution in [0, 0.1) is 0 Å². The summed E-state index contributed by atoms with van der Waals surface area (Å²) in [5.74, 6) is -1.38. The monoisotopic (exact) mass is 379 g/mol. The fourth-order valence-corrected chi connectivity index (χ4v) is 2.24. The summed E-state index contributed by atoms with van der Waals surface area (Å²) in [6, 6.07) is 3.53. The van der Waals surface area contributed by atoms with Crippen molar-refractivity contribution in [3.05, 3.63) is 28.2 Å². The Hall–Kier alpha value is -1.65. The molecule has 0 unspecified atom stereocenters. The molecule has 0 bridgehead atoms. The molecule has 0 radical (unpaired) electrons. The van der Waals surface area contributed by atoms with Gasteiger partial charge in [-0.3, -0.25) is 0 Å². The molecular weight excluding hydrogens is 366 g/mol. The molecule has 8 nitrogen and oxygen atoms in total. The van der Waals surface area contributed by atoms with E-state index in [1.807, 2.05) is 0 Å². The number of halogens is 1. The third-order valence-corrected chi connectivity index (χ3v) is 4.48. The number of benzene rings is 1. The van der Waals surface area contributed by atoms with Gasteiger partial charge >= 0.3 is 12.0 Å². The summed E-state index contributed by atoms with van der Waals surface area (Å²) in [6.45, 7) is -0.0781. The molecule has 10 heteroatoms. The molecule has 0 heterocycles. The van der Waals surface area contributed by atoms with Crippen LogP contribution in [-0.4, -0.2) is 44.9 Å². The molecule has 4 N–H and O–H groups in total. The minimum absolute atomic E-state index is 0.0197. The second kappa shape index (κ2) is 7.38. The van der Waals surface area contributed by atoms with Gasteiger partial charge in [0.05, 0.1) is 17.0 Å². The number of sulfonamides is 1. The van der Waals surface area contributed by atoms with E-state index in [4.69, 9.17) is 5.11 Å². The number of rotatable bonds is 6. The standard InChI is InChI=1S/C11H14BrN3O5S/c1-13-21(19,20)5-4-14-11(18)15-9-6-7(10(16)17)2-3-8(9)12/h2-3,6,13H,4-5H2,1H3,(H,16,17)(H2,14,15,18). The van der Waals surface area contributed by atoms with Gasteiger partial charge in [-0.2, -0.15) is 0 Å². The molecule has 0 aromatic heterocycles. The van der Waals surface area contributed by atoms with Gasteiger partial charge in [-0.25, -0.2) is 22.7 Å². The minimum atomic E-state index is -3.39. The van der Waals surface area contributed by atoms with Crippen molar-refractivity contribution >= 4 is 43.6 Å². The fourth-order valence-electron chi connectivity index (χ4n) is 1.32. The molecule has 0 spiro atoms. The Balaban J connectivity index is 2.63. The van der Waals surface area contributed by atoms with Gasteiger partial charge < -0.3 is 15.7 Å². The quantitative estimate of drug-likeness (QED) is 0.582. The van der Waals surface area contributed by atoms with Crippen LogP contribution in [0.4, 0.5) is 10.5 Å². The Labute approximate surface area is 130 Å². The zero-order valence-electron chi connectivity index (χ0n) is 11.0. The Bertz CT molecular complexity index is 647. The van der Waals surface area contributed by atoms with Crippen LogP contribution >= 0.6 is 15.9 Å². The first kappa shape index (κ1) is 17.4. The third kappa shape index (κ3) is 5.69. The molecular formula is C11H14BrN3O5S. The van der Waals surface area contributed by atoms with Gasteiger partial charge in [-0.15, -0.1) is 0 Å². The van der Waals surface area contributed by atoms with Gasteiger partial charge in [-0.05, 0) is 41.2 Å². The van der Waals surface area contributed by atoms with Crippen LogP contribution in [-0.2, 0) is 10.0 Å². The lowest BCUT2D eigenvalue weighted by Gasteiger charge is -2.10. The number of nitrogens with one attached hydrogen (secondary N) is 3. The fraction of sp³-hybridized carbons (Fsp3) is 0.273. The normalized spacial score (nSPS) is 11.0. The summed E-state index contributed by atoms with van der Waals surface area (Å²) in [6.07, 6.45) is 0. The van der Waals surface area contributed by atoms with E-state index in [1.165, 1.54) is 25.2 Å². The number of anilines is 1. The number of carbonyl (C=O) groups excluding carboxylic acids is 1. The lowest BCUT2D eigenvalue weighted by Crippen LogP contribution is -2.35. The second-order valence-electron chi connectivity index (χ2n) is 3.90. The smallest absolute Gasteiger partial charge is 0.335 e. The van der Waals surface area contributed by atoms with E-state index >= 15 is 0 Å². The van der Waals surface area contributed by atoms with Crippen molar-refractivity contribution in [2.24, 2.45) is 0 Å². The number of aromatic carboxylic acids is 1. The Morgan fingerprint density at radius 3 is 2.57 bits per heavy atom. The molecule has 0 fully saturated rings. The lowest BCUT2D eigenvalue weighted by atomic mass is 10.2. The summed E-state index contributed by atoms with van der Waals surface area (Å²) in [5, 5.41) is 13.7. The molecule has 0 aliphatic rings. The molecule has 0 saturated heterocycles. The lowest BCUT2D eigenvalue weighted by molar-refractivity contribution is 0.0697. The molecule has 1 aromatic carbocycles. The van der Waals surface area contributed by atoms with Crippen molar-refractivity contribution in [3.63, 3.8) is 0 Å². The first-order chi connectivity index (χ1) is 9.75. The summed E-state index contributed by atoms with van der Waals surface area (Å²) < 4.78 is 24.9. The van der Waals surface area contributed by atoms with Gasteiger partial charge in [-0.1, -0.05) is 0 Å². The van der Waals surface area contributed by atoms with Crippen LogP contribution in [0.15, 0.2) is 22.7 Å². The summed E-state index contributed by atoms with van der Waals surface area (Å²) in [7, 11) is -2.11. The summed E-state index contributed by atoms with van der Waals surface area (Å²) in [4.78, 5) is 22.5. The van der Waals surface area contributed by atoms with E-state index in [2.05, 4.69) is 31.3 Å². The highest BCUT2D eigenvalue weighted by atomic mass is 79.9. The van der Waals surface area contributed by atoms with E-state index in [-0.39, 0.29) is 23.5 Å². The predicted molar refractivity (Wildman–Crippen MR) is 81.0 cm³/mol. The van der Waals surface area contributed by atoms with Crippen LogP contribution in [0.1, 0.15) is 10.4 Å².